The van der Waals surface area contributed by atoms with Crippen molar-refractivity contribution in [1.29, 1.82) is 0 Å². The molecule has 0 radical (unpaired) electrons. The van der Waals surface area contributed by atoms with Gasteiger partial charge in [-0.15, -0.1) is 0 Å². The van der Waals surface area contributed by atoms with Gasteiger partial charge in [0, 0.05) is 24.4 Å². The molecule has 0 atom stereocenters. The third kappa shape index (κ3) is 3.04. The van der Waals surface area contributed by atoms with Gasteiger partial charge in [-0.25, -0.2) is 4.98 Å². The van der Waals surface area contributed by atoms with Gasteiger partial charge >= 0.3 is 0 Å². The number of halogens is 1. The molecule has 0 spiro atoms. The van der Waals surface area contributed by atoms with E-state index in [2.05, 4.69) is 4.98 Å². The number of aryl methyl sites for hydroxylation is 1. The highest BCUT2D eigenvalue weighted by atomic mass is 35.5. The Morgan fingerprint density at radius 3 is 2.80 bits per heavy atom. The summed E-state index contributed by atoms with van der Waals surface area (Å²) in [6, 6.07) is 5.83. The summed E-state index contributed by atoms with van der Waals surface area (Å²) < 4.78 is 5.54. The normalized spacial score (nSPS) is 10.3. The van der Waals surface area contributed by atoms with Gasteiger partial charge in [-0.05, 0) is 24.6 Å². The van der Waals surface area contributed by atoms with E-state index in [-0.39, 0.29) is 16.5 Å². The Labute approximate surface area is 120 Å². The van der Waals surface area contributed by atoms with E-state index in [1.54, 1.807) is 6.20 Å². The molecule has 1 heterocycles. The molecule has 0 bridgehead atoms. The Morgan fingerprint density at radius 2 is 2.20 bits per heavy atom. The monoisotopic (exact) mass is 293 g/mol. The van der Waals surface area contributed by atoms with Crippen molar-refractivity contribution in [2.45, 2.75) is 13.5 Å². The summed E-state index contributed by atoms with van der Waals surface area (Å²) in [5.74, 6) is 0.529. The minimum atomic E-state index is -0.513. The summed E-state index contributed by atoms with van der Waals surface area (Å²) in [5, 5.41) is 11.0. The smallest absolute Gasteiger partial charge is 0.273 e. The zero-order valence-corrected chi connectivity index (χ0v) is 11.4. The van der Waals surface area contributed by atoms with E-state index in [0.717, 1.165) is 11.1 Å². The minimum Gasteiger partial charge on any atom is -0.437 e. The number of nitro benzene ring substituents is 1. The van der Waals surface area contributed by atoms with Crippen molar-refractivity contribution >= 4 is 17.3 Å². The number of nitrogens with zero attached hydrogens (tertiary/aromatic N) is 2. The fraction of sp³-hybridized carbons (Fsp3) is 0.154. The second kappa shape index (κ2) is 5.85. The van der Waals surface area contributed by atoms with Crippen molar-refractivity contribution in [3.05, 3.63) is 56.7 Å². The Morgan fingerprint density at radius 1 is 1.45 bits per heavy atom. The SMILES string of the molecule is Cc1cc(CN)cnc1Oc1cc([N+](=O)[O-])ccc1Cl. The number of nitro groups is 1. The quantitative estimate of drug-likeness (QED) is 0.690. The molecule has 2 aromatic rings. The second-order valence-electron chi connectivity index (χ2n) is 4.14. The van der Waals surface area contributed by atoms with Gasteiger partial charge in [0.2, 0.25) is 5.88 Å². The van der Waals surface area contributed by atoms with Crippen molar-refractivity contribution in [2.24, 2.45) is 5.73 Å². The number of pyridine rings is 1. The molecule has 0 saturated carbocycles. The zero-order chi connectivity index (χ0) is 14.7. The van der Waals surface area contributed by atoms with Crippen LogP contribution in [0.5, 0.6) is 11.6 Å². The van der Waals surface area contributed by atoms with Crippen molar-refractivity contribution in [2.75, 3.05) is 0 Å². The van der Waals surface area contributed by atoms with Crippen LogP contribution in [0.15, 0.2) is 30.5 Å². The molecule has 0 fully saturated rings. The Balaban J connectivity index is 2.34. The van der Waals surface area contributed by atoms with Crippen LogP contribution < -0.4 is 10.5 Å². The number of nitrogens with two attached hydrogens (primary N) is 1. The van der Waals surface area contributed by atoms with Gasteiger partial charge in [0.25, 0.3) is 5.69 Å². The van der Waals surface area contributed by atoms with E-state index in [0.29, 0.717) is 12.4 Å². The molecule has 20 heavy (non-hydrogen) atoms. The maximum absolute atomic E-state index is 10.7. The predicted octanol–water partition coefficient (Wildman–Crippen LogP) is 3.20. The molecular weight excluding hydrogens is 282 g/mol. The summed E-state index contributed by atoms with van der Waals surface area (Å²) in [5.41, 5.74) is 7.07. The van der Waals surface area contributed by atoms with Crippen molar-refractivity contribution in [1.82, 2.24) is 4.98 Å². The molecule has 0 aliphatic carbocycles. The van der Waals surface area contributed by atoms with Gasteiger partial charge in [-0.2, -0.15) is 0 Å². The number of rotatable bonds is 4. The number of benzene rings is 1. The van der Waals surface area contributed by atoms with Crippen LogP contribution in [0.1, 0.15) is 11.1 Å². The Hall–Kier alpha value is -2.18. The third-order valence-electron chi connectivity index (χ3n) is 2.65. The van der Waals surface area contributed by atoms with Crippen molar-refractivity contribution in [3.63, 3.8) is 0 Å². The highest BCUT2D eigenvalue weighted by Crippen LogP contribution is 2.33. The predicted molar refractivity (Wildman–Crippen MR) is 75.0 cm³/mol. The maximum atomic E-state index is 10.7. The molecule has 104 valence electrons. The van der Waals surface area contributed by atoms with Crippen LogP contribution in [-0.2, 0) is 6.54 Å². The molecule has 0 aliphatic rings. The molecule has 1 aromatic heterocycles. The largest absolute Gasteiger partial charge is 0.437 e. The number of hydrogen-bond donors (Lipinski definition) is 1. The highest BCUT2D eigenvalue weighted by Gasteiger charge is 2.13. The van der Waals surface area contributed by atoms with Gasteiger partial charge in [0.1, 0.15) is 0 Å². The molecule has 1 aromatic carbocycles. The first-order chi connectivity index (χ1) is 9.51. The van der Waals surface area contributed by atoms with E-state index in [9.17, 15) is 10.1 Å². The molecule has 2 rings (SSSR count). The van der Waals surface area contributed by atoms with Crippen LogP contribution in [0.25, 0.3) is 0 Å². The summed E-state index contributed by atoms with van der Waals surface area (Å²) in [7, 11) is 0. The van der Waals surface area contributed by atoms with Gasteiger partial charge in [0.15, 0.2) is 5.75 Å². The molecule has 0 unspecified atom stereocenters. The topological polar surface area (TPSA) is 91.3 Å². The van der Waals surface area contributed by atoms with Crippen LogP contribution >= 0.6 is 11.6 Å². The number of aromatic nitrogens is 1. The first kappa shape index (κ1) is 14.2. The lowest BCUT2D eigenvalue weighted by molar-refractivity contribution is -0.384. The van der Waals surface area contributed by atoms with Crippen molar-refractivity contribution in [3.8, 4) is 11.6 Å². The van der Waals surface area contributed by atoms with Crippen LogP contribution in [-0.4, -0.2) is 9.91 Å². The molecule has 0 saturated heterocycles. The zero-order valence-electron chi connectivity index (χ0n) is 10.7. The average molecular weight is 294 g/mol. The van der Waals surface area contributed by atoms with Gasteiger partial charge in [0.05, 0.1) is 16.0 Å². The van der Waals surface area contributed by atoms with Crippen LogP contribution in [0, 0.1) is 17.0 Å². The first-order valence-electron chi connectivity index (χ1n) is 5.78. The third-order valence-corrected chi connectivity index (χ3v) is 2.97. The van der Waals surface area contributed by atoms with E-state index in [1.165, 1.54) is 18.2 Å². The van der Waals surface area contributed by atoms with Crippen LogP contribution in [0.2, 0.25) is 5.02 Å². The minimum absolute atomic E-state index is 0.0966. The summed E-state index contributed by atoms with van der Waals surface area (Å²) >= 11 is 5.97. The fourth-order valence-electron chi connectivity index (χ4n) is 1.63. The van der Waals surface area contributed by atoms with Crippen LogP contribution in [0.3, 0.4) is 0 Å². The number of hydrogen-bond acceptors (Lipinski definition) is 5. The van der Waals surface area contributed by atoms with E-state index < -0.39 is 4.92 Å². The molecule has 0 amide bonds. The van der Waals surface area contributed by atoms with E-state index in [4.69, 9.17) is 22.1 Å². The lowest BCUT2D eigenvalue weighted by Crippen LogP contribution is -1.99. The highest BCUT2D eigenvalue weighted by molar-refractivity contribution is 6.32. The molecule has 0 aliphatic heterocycles. The van der Waals surface area contributed by atoms with Gasteiger partial charge in [-0.1, -0.05) is 11.6 Å². The molecule has 7 heteroatoms. The lowest BCUT2D eigenvalue weighted by Gasteiger charge is -2.09. The van der Waals surface area contributed by atoms with Crippen LogP contribution in [0.4, 0.5) is 5.69 Å². The second-order valence-corrected chi connectivity index (χ2v) is 4.55. The van der Waals surface area contributed by atoms with Gasteiger partial charge in [-0.3, -0.25) is 10.1 Å². The number of non-ortho nitro benzene ring substituents is 1. The maximum Gasteiger partial charge on any atom is 0.273 e. The summed E-state index contributed by atoms with van der Waals surface area (Å²) in [4.78, 5) is 14.4. The van der Waals surface area contributed by atoms with E-state index >= 15 is 0 Å². The number of ether oxygens (including phenoxy) is 1. The molecular formula is C13H12ClN3O3. The standard InChI is InChI=1S/C13H12ClN3O3/c1-8-4-9(6-15)7-16-13(8)20-12-5-10(17(18)19)2-3-11(12)14/h2-5,7H,6,15H2,1H3. The summed E-state index contributed by atoms with van der Waals surface area (Å²) in [6.07, 6.45) is 1.59. The molecule has 6 nitrogen and oxygen atoms in total. The van der Waals surface area contributed by atoms with Crippen molar-refractivity contribution < 1.29 is 9.66 Å². The Bertz CT molecular complexity index is 661. The first-order valence-corrected chi connectivity index (χ1v) is 6.16. The summed E-state index contributed by atoms with van der Waals surface area (Å²) in [6.45, 7) is 2.19. The Kier molecular flexibility index (Phi) is 4.16. The average Bonchev–Trinajstić information content (AvgIpc) is 2.42. The van der Waals surface area contributed by atoms with Gasteiger partial charge < -0.3 is 10.5 Å². The fourth-order valence-corrected chi connectivity index (χ4v) is 1.78. The molecule has 2 N–H and O–H groups in total. The lowest BCUT2D eigenvalue weighted by atomic mass is 10.2. The van der Waals surface area contributed by atoms with E-state index in [1.807, 2.05) is 13.0 Å².